The SMILES string of the molecule is COc1cccc(N2CCOCC2C(N)=O)c1C(C)O. The number of nitrogens with two attached hydrogens (primary N) is 1. The Hall–Kier alpha value is -1.79. The molecule has 1 fully saturated rings. The van der Waals surface area contributed by atoms with Gasteiger partial charge in [0.25, 0.3) is 0 Å². The molecule has 0 saturated carbocycles. The third-order valence-corrected chi connectivity index (χ3v) is 3.45. The van der Waals surface area contributed by atoms with Crippen LogP contribution in [-0.4, -0.2) is 43.9 Å². The second-order valence-corrected chi connectivity index (χ2v) is 4.76. The van der Waals surface area contributed by atoms with Crippen LogP contribution in [0, 0.1) is 0 Å². The number of amides is 1. The van der Waals surface area contributed by atoms with Crippen molar-refractivity contribution in [3.05, 3.63) is 23.8 Å². The van der Waals surface area contributed by atoms with Crippen LogP contribution in [0.2, 0.25) is 0 Å². The van der Waals surface area contributed by atoms with Gasteiger partial charge in [-0.2, -0.15) is 0 Å². The van der Waals surface area contributed by atoms with Crippen LogP contribution >= 0.6 is 0 Å². The van der Waals surface area contributed by atoms with Gasteiger partial charge in [-0.25, -0.2) is 0 Å². The van der Waals surface area contributed by atoms with E-state index in [1.165, 1.54) is 0 Å². The maximum Gasteiger partial charge on any atom is 0.242 e. The lowest BCUT2D eigenvalue weighted by atomic mass is 10.0. The van der Waals surface area contributed by atoms with Gasteiger partial charge in [0, 0.05) is 17.8 Å². The minimum absolute atomic E-state index is 0.256. The molecule has 1 amide bonds. The highest BCUT2D eigenvalue weighted by Gasteiger charge is 2.30. The Labute approximate surface area is 118 Å². The Balaban J connectivity index is 2.47. The number of aliphatic hydroxyl groups excluding tert-OH is 1. The zero-order valence-corrected chi connectivity index (χ0v) is 11.7. The zero-order chi connectivity index (χ0) is 14.7. The Kier molecular flexibility index (Phi) is 4.46. The number of benzene rings is 1. The van der Waals surface area contributed by atoms with Crippen LogP contribution in [0.25, 0.3) is 0 Å². The molecule has 6 nitrogen and oxygen atoms in total. The Morgan fingerprint density at radius 3 is 2.95 bits per heavy atom. The number of rotatable bonds is 4. The fourth-order valence-electron chi connectivity index (χ4n) is 2.51. The predicted molar refractivity (Wildman–Crippen MR) is 74.8 cm³/mol. The first kappa shape index (κ1) is 14.6. The topological polar surface area (TPSA) is 85.0 Å². The predicted octanol–water partition coefficient (Wildman–Crippen LogP) is 0.439. The van der Waals surface area contributed by atoms with Crippen molar-refractivity contribution >= 4 is 11.6 Å². The molecular formula is C14H20N2O4. The molecule has 2 rings (SSSR count). The minimum atomic E-state index is -0.711. The van der Waals surface area contributed by atoms with E-state index >= 15 is 0 Å². The van der Waals surface area contributed by atoms with Crippen LogP contribution in [-0.2, 0) is 9.53 Å². The van der Waals surface area contributed by atoms with Gasteiger partial charge >= 0.3 is 0 Å². The lowest BCUT2D eigenvalue weighted by Crippen LogP contribution is -2.53. The second-order valence-electron chi connectivity index (χ2n) is 4.76. The van der Waals surface area contributed by atoms with Gasteiger partial charge in [0.1, 0.15) is 11.8 Å². The molecule has 1 aliphatic heterocycles. The highest BCUT2D eigenvalue weighted by Crippen LogP contribution is 2.35. The van der Waals surface area contributed by atoms with E-state index < -0.39 is 18.1 Å². The number of anilines is 1. The number of hydrogen-bond donors (Lipinski definition) is 2. The number of carbonyl (C=O) groups is 1. The first-order chi connectivity index (χ1) is 9.56. The number of methoxy groups -OCH3 is 1. The number of ether oxygens (including phenoxy) is 2. The standard InChI is InChI=1S/C14H20N2O4/c1-9(17)13-10(4-3-5-12(13)19-2)16-6-7-20-8-11(16)14(15)18/h3-5,9,11,17H,6-8H2,1-2H3,(H2,15,18). The smallest absolute Gasteiger partial charge is 0.242 e. The molecule has 3 N–H and O–H groups in total. The van der Waals surface area contributed by atoms with E-state index in [9.17, 15) is 9.90 Å². The number of primary amides is 1. The van der Waals surface area contributed by atoms with Crippen molar-refractivity contribution in [2.45, 2.75) is 19.1 Å². The summed E-state index contributed by atoms with van der Waals surface area (Å²) < 4.78 is 10.6. The summed E-state index contributed by atoms with van der Waals surface area (Å²) in [6.07, 6.45) is -0.711. The van der Waals surface area contributed by atoms with Crippen LogP contribution in [0.15, 0.2) is 18.2 Å². The molecule has 110 valence electrons. The van der Waals surface area contributed by atoms with Crippen molar-refractivity contribution < 1.29 is 19.4 Å². The summed E-state index contributed by atoms with van der Waals surface area (Å²) in [4.78, 5) is 13.5. The van der Waals surface area contributed by atoms with Crippen LogP contribution in [0.4, 0.5) is 5.69 Å². The van der Waals surface area contributed by atoms with Gasteiger partial charge in [-0.05, 0) is 19.1 Å². The highest BCUT2D eigenvalue weighted by molar-refractivity contribution is 5.84. The monoisotopic (exact) mass is 280 g/mol. The molecule has 0 aromatic heterocycles. The number of hydrogen-bond acceptors (Lipinski definition) is 5. The Bertz CT molecular complexity index is 490. The van der Waals surface area contributed by atoms with Crippen molar-refractivity contribution in [3.63, 3.8) is 0 Å². The summed E-state index contributed by atoms with van der Waals surface area (Å²) in [5, 5.41) is 10.0. The lowest BCUT2D eigenvalue weighted by Gasteiger charge is -2.37. The van der Waals surface area contributed by atoms with Gasteiger partial charge in [-0.1, -0.05) is 6.07 Å². The first-order valence-electron chi connectivity index (χ1n) is 6.55. The summed E-state index contributed by atoms with van der Waals surface area (Å²) in [7, 11) is 1.55. The number of carbonyl (C=O) groups excluding carboxylic acids is 1. The van der Waals surface area contributed by atoms with Crippen LogP contribution < -0.4 is 15.4 Å². The molecule has 6 heteroatoms. The quantitative estimate of drug-likeness (QED) is 0.836. The first-order valence-corrected chi connectivity index (χ1v) is 6.55. The molecule has 1 aliphatic rings. The van der Waals surface area contributed by atoms with E-state index in [4.69, 9.17) is 15.2 Å². The van der Waals surface area contributed by atoms with Crippen molar-refractivity contribution in [3.8, 4) is 5.75 Å². The molecule has 1 heterocycles. The van der Waals surface area contributed by atoms with E-state index in [-0.39, 0.29) is 6.61 Å². The third kappa shape index (κ3) is 2.71. The zero-order valence-electron chi connectivity index (χ0n) is 11.7. The molecule has 1 saturated heterocycles. The molecule has 20 heavy (non-hydrogen) atoms. The molecule has 0 bridgehead atoms. The average molecular weight is 280 g/mol. The molecule has 1 aromatic rings. The summed E-state index contributed by atoms with van der Waals surface area (Å²) in [6, 6.07) is 4.93. The van der Waals surface area contributed by atoms with Crippen LogP contribution in [0.5, 0.6) is 5.75 Å². The second kappa shape index (κ2) is 6.11. The van der Waals surface area contributed by atoms with Crippen molar-refractivity contribution in [1.82, 2.24) is 0 Å². The Morgan fingerprint density at radius 1 is 1.60 bits per heavy atom. The highest BCUT2D eigenvalue weighted by atomic mass is 16.5. The molecule has 2 unspecified atom stereocenters. The van der Waals surface area contributed by atoms with Gasteiger partial charge in [-0.3, -0.25) is 4.79 Å². The molecule has 0 radical (unpaired) electrons. The van der Waals surface area contributed by atoms with Gasteiger partial charge < -0.3 is 25.2 Å². The lowest BCUT2D eigenvalue weighted by molar-refractivity contribution is -0.121. The summed E-state index contributed by atoms with van der Waals surface area (Å²) in [5.74, 6) is 0.149. The minimum Gasteiger partial charge on any atom is -0.496 e. The van der Waals surface area contributed by atoms with E-state index in [2.05, 4.69) is 0 Å². The van der Waals surface area contributed by atoms with Crippen molar-refractivity contribution in [2.24, 2.45) is 5.73 Å². The molecule has 0 spiro atoms. The van der Waals surface area contributed by atoms with E-state index in [1.807, 2.05) is 17.0 Å². The van der Waals surface area contributed by atoms with E-state index in [0.29, 0.717) is 24.5 Å². The Morgan fingerprint density at radius 2 is 2.35 bits per heavy atom. The summed E-state index contributed by atoms with van der Waals surface area (Å²) >= 11 is 0. The van der Waals surface area contributed by atoms with E-state index in [0.717, 1.165) is 5.69 Å². The van der Waals surface area contributed by atoms with Crippen molar-refractivity contribution in [2.75, 3.05) is 31.8 Å². The average Bonchev–Trinajstić information content (AvgIpc) is 2.46. The number of nitrogens with zero attached hydrogens (tertiary/aromatic N) is 1. The van der Waals surface area contributed by atoms with Gasteiger partial charge in [0.05, 0.1) is 26.4 Å². The number of morpholine rings is 1. The van der Waals surface area contributed by atoms with Crippen LogP contribution in [0.3, 0.4) is 0 Å². The largest absolute Gasteiger partial charge is 0.496 e. The molecule has 2 atom stereocenters. The number of aliphatic hydroxyl groups is 1. The summed E-state index contributed by atoms with van der Waals surface area (Å²) in [6.45, 7) is 2.98. The fourth-order valence-corrected chi connectivity index (χ4v) is 2.51. The molecule has 0 aliphatic carbocycles. The van der Waals surface area contributed by atoms with Crippen LogP contribution in [0.1, 0.15) is 18.6 Å². The maximum absolute atomic E-state index is 11.6. The van der Waals surface area contributed by atoms with Gasteiger partial charge in [0.2, 0.25) is 5.91 Å². The van der Waals surface area contributed by atoms with Gasteiger partial charge in [-0.15, -0.1) is 0 Å². The fraction of sp³-hybridized carbons (Fsp3) is 0.500. The maximum atomic E-state index is 11.6. The van der Waals surface area contributed by atoms with Gasteiger partial charge in [0.15, 0.2) is 0 Å². The van der Waals surface area contributed by atoms with E-state index in [1.54, 1.807) is 20.1 Å². The molecule has 1 aromatic carbocycles. The third-order valence-electron chi connectivity index (χ3n) is 3.45. The molecular weight excluding hydrogens is 260 g/mol. The van der Waals surface area contributed by atoms with Crippen molar-refractivity contribution in [1.29, 1.82) is 0 Å². The normalized spacial score (nSPS) is 20.6. The summed E-state index contributed by atoms with van der Waals surface area (Å²) in [5.41, 5.74) is 6.85.